The summed E-state index contributed by atoms with van der Waals surface area (Å²) >= 11 is 9.67. The number of rotatable bonds is 5. The van der Waals surface area contributed by atoms with E-state index in [9.17, 15) is 9.18 Å². The van der Waals surface area contributed by atoms with Crippen molar-refractivity contribution in [2.45, 2.75) is 13.0 Å². The number of hydrogen-bond acceptors (Lipinski definition) is 5. The molecule has 9 heteroatoms. The number of halogens is 3. The monoisotopic (exact) mass is 454 g/mol. The Morgan fingerprint density at radius 2 is 2.26 bits per heavy atom. The lowest BCUT2D eigenvalue weighted by Gasteiger charge is -2.27. The molecule has 1 atom stereocenters. The largest absolute Gasteiger partial charge is 0.463 e. The Morgan fingerprint density at radius 3 is 2.85 bits per heavy atom. The number of allylic oxidation sites excluding steroid dienone is 1. The molecule has 0 spiro atoms. The molecule has 1 N–H and O–H groups in total. The van der Waals surface area contributed by atoms with Gasteiger partial charge in [0.15, 0.2) is 11.7 Å². The number of carbonyl (C=O) groups is 1. The molecule has 6 nitrogen and oxygen atoms in total. The number of imidazole rings is 1. The second kappa shape index (κ2) is 8.22. The summed E-state index contributed by atoms with van der Waals surface area (Å²) < 4.78 is 20.5. The van der Waals surface area contributed by atoms with E-state index in [1.807, 2.05) is 7.05 Å². The van der Waals surface area contributed by atoms with Crippen LogP contribution in [0.5, 0.6) is 0 Å². The van der Waals surface area contributed by atoms with Gasteiger partial charge in [-0.1, -0.05) is 33.6 Å². The minimum atomic E-state index is -0.752. The van der Waals surface area contributed by atoms with Gasteiger partial charge in [0.2, 0.25) is 0 Å². The Hall–Kier alpha value is -2.19. The van der Waals surface area contributed by atoms with Gasteiger partial charge >= 0.3 is 5.97 Å². The molecule has 142 valence electrons. The van der Waals surface area contributed by atoms with Crippen molar-refractivity contribution in [2.75, 3.05) is 11.9 Å². The van der Waals surface area contributed by atoms with Gasteiger partial charge in [-0.3, -0.25) is 4.99 Å². The number of aryl methyl sites for hydroxylation is 1. The van der Waals surface area contributed by atoms with E-state index in [0.29, 0.717) is 33.8 Å². The Kier molecular flexibility index (Phi) is 5.96. The van der Waals surface area contributed by atoms with Crippen molar-refractivity contribution in [1.82, 2.24) is 14.9 Å². The lowest BCUT2D eigenvalue weighted by atomic mass is 9.96. The fourth-order valence-corrected chi connectivity index (χ4v) is 3.52. The van der Waals surface area contributed by atoms with E-state index in [0.717, 1.165) is 0 Å². The first-order valence-electron chi connectivity index (χ1n) is 8.19. The Labute approximate surface area is 169 Å². The number of alkyl halides is 1. The molecule has 0 aliphatic carbocycles. The van der Waals surface area contributed by atoms with Crippen molar-refractivity contribution >= 4 is 39.3 Å². The third kappa shape index (κ3) is 3.91. The highest BCUT2D eigenvalue weighted by Crippen LogP contribution is 2.36. The molecular formula is C18H17BrClFN4O2. The van der Waals surface area contributed by atoms with E-state index >= 15 is 0 Å². The van der Waals surface area contributed by atoms with E-state index in [1.165, 1.54) is 18.2 Å². The van der Waals surface area contributed by atoms with Gasteiger partial charge in [0.25, 0.3) is 0 Å². The molecule has 0 bridgehead atoms. The van der Waals surface area contributed by atoms with Gasteiger partial charge in [-0.2, -0.15) is 0 Å². The molecule has 3 rings (SSSR count). The maximum Gasteiger partial charge on any atom is 0.338 e. The number of aliphatic imine (C=N–C) groups is 1. The molecule has 1 aliphatic rings. The minimum absolute atomic E-state index is 0.181. The minimum Gasteiger partial charge on any atom is -0.463 e. The summed E-state index contributed by atoms with van der Waals surface area (Å²) in [6.45, 7) is 1.95. The van der Waals surface area contributed by atoms with Gasteiger partial charge in [-0.05, 0) is 19.1 Å². The van der Waals surface area contributed by atoms with Crippen molar-refractivity contribution in [3.8, 4) is 0 Å². The zero-order valence-electron chi connectivity index (χ0n) is 14.7. The molecule has 1 aliphatic heterocycles. The molecule has 0 saturated heterocycles. The molecule has 0 radical (unpaired) electrons. The fourth-order valence-electron chi connectivity index (χ4n) is 2.81. The molecule has 0 saturated carbocycles. The number of aromatic nitrogens is 2. The zero-order chi connectivity index (χ0) is 19.6. The highest BCUT2D eigenvalue weighted by Gasteiger charge is 2.33. The summed E-state index contributed by atoms with van der Waals surface area (Å²) in [5, 5.41) is 3.69. The predicted molar refractivity (Wildman–Crippen MR) is 104 cm³/mol. The van der Waals surface area contributed by atoms with E-state index in [2.05, 4.69) is 31.2 Å². The standard InChI is InChI=1S/C18H17BrClFN4O2/c1-3-27-18(26)14-13(9-19)23-16(17-22-6-7-25(17)2)24-15(14)11-5-4-10(21)8-12(11)20/h4-8,15H,3,9H2,1-2H3,(H,23,24). The summed E-state index contributed by atoms with van der Waals surface area (Å²) in [5.41, 5.74) is 1.42. The van der Waals surface area contributed by atoms with E-state index in [1.54, 1.807) is 23.9 Å². The third-order valence-electron chi connectivity index (χ3n) is 4.05. The van der Waals surface area contributed by atoms with E-state index in [-0.39, 0.29) is 11.6 Å². The first-order chi connectivity index (χ1) is 13.0. The van der Waals surface area contributed by atoms with Crippen molar-refractivity contribution in [3.63, 3.8) is 0 Å². The van der Waals surface area contributed by atoms with Crippen LogP contribution in [0.2, 0.25) is 5.02 Å². The quantitative estimate of drug-likeness (QED) is 0.553. The average molecular weight is 456 g/mol. The molecule has 0 fully saturated rings. The second-order valence-corrected chi connectivity index (χ2v) is 6.75. The van der Waals surface area contributed by atoms with Gasteiger partial charge < -0.3 is 14.6 Å². The van der Waals surface area contributed by atoms with E-state index in [4.69, 9.17) is 16.3 Å². The summed E-state index contributed by atoms with van der Waals surface area (Å²) in [5.74, 6) is 0.107. The SMILES string of the molecule is CCOC(=O)C1=C(CBr)NC(c2nccn2C)=NC1c1ccc(F)cc1Cl. The zero-order valence-corrected chi connectivity index (χ0v) is 17.0. The van der Waals surface area contributed by atoms with Crippen LogP contribution in [0.1, 0.15) is 24.4 Å². The molecule has 0 amide bonds. The highest BCUT2D eigenvalue weighted by atomic mass is 79.9. The Balaban J connectivity index is 2.17. The van der Waals surface area contributed by atoms with Crippen LogP contribution in [0.4, 0.5) is 4.39 Å². The van der Waals surface area contributed by atoms with Crippen LogP contribution in [0.25, 0.3) is 0 Å². The number of amidine groups is 1. The first-order valence-corrected chi connectivity index (χ1v) is 9.69. The lowest BCUT2D eigenvalue weighted by molar-refractivity contribution is -0.138. The third-order valence-corrected chi connectivity index (χ3v) is 4.93. The molecule has 2 heterocycles. The van der Waals surface area contributed by atoms with Crippen molar-refractivity contribution in [1.29, 1.82) is 0 Å². The molecule has 27 heavy (non-hydrogen) atoms. The van der Waals surface area contributed by atoms with Gasteiger partial charge in [-0.15, -0.1) is 0 Å². The van der Waals surface area contributed by atoms with Crippen LogP contribution in [0, 0.1) is 5.82 Å². The van der Waals surface area contributed by atoms with Crippen LogP contribution in [-0.4, -0.2) is 33.3 Å². The van der Waals surface area contributed by atoms with Crippen LogP contribution in [0.15, 0.2) is 46.9 Å². The summed E-state index contributed by atoms with van der Waals surface area (Å²) in [7, 11) is 1.84. The fraction of sp³-hybridized carbons (Fsp3) is 0.278. The molecule has 1 unspecified atom stereocenters. The van der Waals surface area contributed by atoms with Crippen molar-refractivity contribution in [3.05, 3.63) is 64.1 Å². The van der Waals surface area contributed by atoms with E-state index < -0.39 is 17.8 Å². The van der Waals surface area contributed by atoms with Crippen LogP contribution in [-0.2, 0) is 16.6 Å². The maximum atomic E-state index is 13.5. The van der Waals surface area contributed by atoms with Crippen LogP contribution in [0.3, 0.4) is 0 Å². The summed E-state index contributed by atoms with van der Waals surface area (Å²) in [4.78, 5) is 21.6. The van der Waals surface area contributed by atoms with Gasteiger partial charge in [0.05, 0.1) is 12.2 Å². The smallest absolute Gasteiger partial charge is 0.338 e. The highest BCUT2D eigenvalue weighted by molar-refractivity contribution is 9.09. The average Bonchev–Trinajstić information content (AvgIpc) is 3.06. The number of nitrogens with zero attached hydrogens (tertiary/aromatic N) is 3. The molecule has 1 aromatic heterocycles. The van der Waals surface area contributed by atoms with Gasteiger partial charge in [0, 0.05) is 41.1 Å². The van der Waals surface area contributed by atoms with Gasteiger partial charge in [0.1, 0.15) is 11.9 Å². The molecule has 2 aromatic rings. The molecular weight excluding hydrogens is 439 g/mol. The Bertz CT molecular complexity index is 941. The summed E-state index contributed by atoms with van der Waals surface area (Å²) in [6.07, 6.45) is 3.44. The number of benzene rings is 1. The topological polar surface area (TPSA) is 68.5 Å². The number of ether oxygens (including phenoxy) is 1. The number of hydrogen-bond donors (Lipinski definition) is 1. The normalized spacial score (nSPS) is 16.8. The summed E-state index contributed by atoms with van der Waals surface area (Å²) in [6, 6.07) is 3.26. The molecule has 1 aromatic carbocycles. The number of nitrogens with one attached hydrogen (secondary N) is 1. The number of carbonyl (C=O) groups excluding carboxylic acids is 1. The maximum absolute atomic E-state index is 13.5. The van der Waals surface area contributed by atoms with Crippen LogP contribution >= 0.6 is 27.5 Å². The Morgan fingerprint density at radius 1 is 1.48 bits per heavy atom. The van der Waals surface area contributed by atoms with Crippen molar-refractivity contribution in [2.24, 2.45) is 12.0 Å². The van der Waals surface area contributed by atoms with Crippen LogP contribution < -0.4 is 5.32 Å². The van der Waals surface area contributed by atoms with Crippen molar-refractivity contribution < 1.29 is 13.9 Å². The predicted octanol–water partition coefficient (Wildman–Crippen LogP) is 3.52. The van der Waals surface area contributed by atoms with Gasteiger partial charge in [-0.25, -0.2) is 14.2 Å². The number of esters is 1. The first kappa shape index (κ1) is 19.6. The lowest BCUT2D eigenvalue weighted by Crippen LogP contribution is -2.36. The second-order valence-electron chi connectivity index (χ2n) is 5.78.